The zero-order chi connectivity index (χ0) is 13.2. The zero-order valence-corrected chi connectivity index (χ0v) is 12.0. The number of likely N-dealkylation sites (tertiary alicyclic amines) is 2. The number of nitrogens with zero attached hydrogens (tertiary/aromatic N) is 2. The molecule has 2 fully saturated rings. The molecule has 4 nitrogen and oxygen atoms in total. The quantitative estimate of drug-likeness (QED) is 0.814. The van der Waals surface area contributed by atoms with Gasteiger partial charge >= 0.3 is 0 Å². The molecule has 0 saturated carbocycles. The van der Waals surface area contributed by atoms with Crippen molar-refractivity contribution in [3.8, 4) is 0 Å². The summed E-state index contributed by atoms with van der Waals surface area (Å²) in [5.74, 6) is 0.256. The van der Waals surface area contributed by atoms with Crippen LogP contribution < -0.4 is 5.32 Å². The van der Waals surface area contributed by atoms with Gasteiger partial charge in [0.2, 0.25) is 5.91 Å². The lowest BCUT2D eigenvalue weighted by Crippen LogP contribution is -2.54. The highest BCUT2D eigenvalue weighted by Crippen LogP contribution is 2.22. The van der Waals surface area contributed by atoms with Gasteiger partial charge in [-0.15, -0.1) is 0 Å². The number of hydrogen-bond donors (Lipinski definition) is 1. The van der Waals surface area contributed by atoms with E-state index < -0.39 is 5.54 Å². The van der Waals surface area contributed by atoms with Crippen molar-refractivity contribution in [2.75, 3.05) is 32.7 Å². The van der Waals surface area contributed by atoms with Crippen LogP contribution in [-0.4, -0.2) is 60.0 Å². The number of nitrogens with one attached hydrogen (secondary N) is 1. The van der Waals surface area contributed by atoms with Crippen molar-refractivity contribution in [1.29, 1.82) is 0 Å². The molecule has 0 aromatic rings. The van der Waals surface area contributed by atoms with Gasteiger partial charge in [-0.05, 0) is 52.7 Å². The molecule has 104 valence electrons. The van der Waals surface area contributed by atoms with Crippen LogP contribution >= 0.6 is 0 Å². The number of likely N-dealkylation sites (N-methyl/N-ethyl adjacent to an activating group) is 1. The minimum absolute atomic E-state index is 0.256. The SMILES string of the molecule is CCNC(C)(C)C(=O)N1CCC(N2CCCC2)C1. The van der Waals surface area contributed by atoms with Gasteiger partial charge in [0, 0.05) is 19.1 Å². The summed E-state index contributed by atoms with van der Waals surface area (Å²) in [5.41, 5.74) is -0.422. The number of amides is 1. The summed E-state index contributed by atoms with van der Waals surface area (Å²) in [6.07, 6.45) is 3.80. The molecule has 0 aromatic carbocycles. The van der Waals surface area contributed by atoms with Crippen LogP contribution in [0.15, 0.2) is 0 Å². The van der Waals surface area contributed by atoms with Crippen LogP contribution in [0.3, 0.4) is 0 Å². The van der Waals surface area contributed by atoms with Crippen LogP contribution in [0.4, 0.5) is 0 Å². The first-order chi connectivity index (χ1) is 8.54. The largest absolute Gasteiger partial charge is 0.339 e. The smallest absolute Gasteiger partial charge is 0.242 e. The van der Waals surface area contributed by atoms with Gasteiger partial charge < -0.3 is 10.2 Å². The number of hydrogen-bond acceptors (Lipinski definition) is 3. The predicted molar refractivity (Wildman–Crippen MR) is 73.5 cm³/mol. The Morgan fingerprint density at radius 2 is 1.94 bits per heavy atom. The third-order valence-corrected chi connectivity index (χ3v) is 4.26. The average molecular weight is 253 g/mol. The first kappa shape index (κ1) is 13.8. The van der Waals surface area contributed by atoms with E-state index >= 15 is 0 Å². The van der Waals surface area contributed by atoms with Gasteiger partial charge in [0.05, 0.1) is 5.54 Å². The van der Waals surface area contributed by atoms with Gasteiger partial charge in [0.15, 0.2) is 0 Å². The molecule has 0 aliphatic carbocycles. The summed E-state index contributed by atoms with van der Waals surface area (Å²) in [5, 5.41) is 3.28. The van der Waals surface area contributed by atoms with E-state index in [4.69, 9.17) is 0 Å². The van der Waals surface area contributed by atoms with E-state index in [1.54, 1.807) is 0 Å². The summed E-state index contributed by atoms with van der Waals surface area (Å²) in [7, 11) is 0. The Balaban J connectivity index is 1.89. The van der Waals surface area contributed by atoms with Gasteiger partial charge in [-0.2, -0.15) is 0 Å². The lowest BCUT2D eigenvalue weighted by molar-refractivity contribution is -0.136. The van der Waals surface area contributed by atoms with Crippen molar-refractivity contribution in [1.82, 2.24) is 15.1 Å². The van der Waals surface area contributed by atoms with E-state index in [2.05, 4.69) is 10.2 Å². The third-order valence-electron chi connectivity index (χ3n) is 4.26. The maximum atomic E-state index is 12.5. The molecule has 0 radical (unpaired) electrons. The zero-order valence-electron chi connectivity index (χ0n) is 12.0. The summed E-state index contributed by atoms with van der Waals surface area (Å²) >= 11 is 0. The first-order valence-electron chi connectivity index (χ1n) is 7.33. The van der Waals surface area contributed by atoms with Gasteiger partial charge in [-0.3, -0.25) is 9.69 Å². The minimum atomic E-state index is -0.422. The third kappa shape index (κ3) is 2.86. The highest BCUT2D eigenvalue weighted by molar-refractivity contribution is 5.85. The van der Waals surface area contributed by atoms with Crippen molar-refractivity contribution in [3.05, 3.63) is 0 Å². The molecule has 2 heterocycles. The minimum Gasteiger partial charge on any atom is -0.339 e. The van der Waals surface area contributed by atoms with Gasteiger partial charge in [0.25, 0.3) is 0 Å². The molecule has 4 heteroatoms. The Bertz CT molecular complexity index is 297. The van der Waals surface area contributed by atoms with Crippen LogP contribution in [0.25, 0.3) is 0 Å². The molecule has 2 rings (SSSR count). The van der Waals surface area contributed by atoms with Gasteiger partial charge in [-0.1, -0.05) is 6.92 Å². The fourth-order valence-electron chi connectivity index (χ4n) is 3.24. The molecule has 1 unspecified atom stereocenters. The van der Waals surface area contributed by atoms with Crippen LogP contribution in [-0.2, 0) is 4.79 Å². The van der Waals surface area contributed by atoms with Crippen LogP contribution in [0.2, 0.25) is 0 Å². The second-order valence-electron chi connectivity index (χ2n) is 6.09. The van der Waals surface area contributed by atoms with Crippen molar-refractivity contribution in [2.45, 2.75) is 51.6 Å². The molecular formula is C14H27N3O. The standard InChI is InChI=1S/C14H27N3O/c1-4-15-14(2,3)13(18)17-10-7-12(11-17)16-8-5-6-9-16/h12,15H,4-11H2,1-3H3. The highest BCUT2D eigenvalue weighted by Gasteiger charge is 2.37. The molecule has 0 bridgehead atoms. The second kappa shape index (κ2) is 5.57. The molecule has 1 atom stereocenters. The maximum absolute atomic E-state index is 12.5. The summed E-state index contributed by atoms with van der Waals surface area (Å²) in [6.45, 7) is 11.2. The summed E-state index contributed by atoms with van der Waals surface area (Å²) in [6, 6.07) is 0.605. The Morgan fingerprint density at radius 3 is 2.56 bits per heavy atom. The van der Waals surface area contributed by atoms with E-state index in [9.17, 15) is 4.79 Å². The lowest BCUT2D eigenvalue weighted by Gasteiger charge is -2.30. The van der Waals surface area contributed by atoms with E-state index in [1.807, 2.05) is 25.7 Å². The molecule has 1 N–H and O–H groups in total. The summed E-state index contributed by atoms with van der Waals surface area (Å²) < 4.78 is 0. The molecule has 2 saturated heterocycles. The van der Waals surface area contributed by atoms with E-state index in [0.717, 1.165) is 26.1 Å². The summed E-state index contributed by atoms with van der Waals surface area (Å²) in [4.78, 5) is 17.1. The van der Waals surface area contributed by atoms with Crippen LogP contribution in [0.1, 0.15) is 40.0 Å². The van der Waals surface area contributed by atoms with Gasteiger partial charge in [0.1, 0.15) is 0 Å². The predicted octanol–water partition coefficient (Wildman–Crippen LogP) is 1.07. The van der Waals surface area contributed by atoms with Gasteiger partial charge in [-0.25, -0.2) is 0 Å². The van der Waals surface area contributed by atoms with Crippen molar-refractivity contribution < 1.29 is 4.79 Å². The van der Waals surface area contributed by atoms with Crippen molar-refractivity contribution in [3.63, 3.8) is 0 Å². The molecule has 2 aliphatic rings. The average Bonchev–Trinajstić information content (AvgIpc) is 2.98. The molecular weight excluding hydrogens is 226 g/mol. The Morgan fingerprint density at radius 1 is 1.28 bits per heavy atom. The monoisotopic (exact) mass is 253 g/mol. The Labute approximate surface area is 111 Å². The Kier molecular flexibility index (Phi) is 4.28. The Hall–Kier alpha value is -0.610. The molecule has 18 heavy (non-hydrogen) atoms. The molecule has 2 aliphatic heterocycles. The van der Waals surface area contributed by atoms with Crippen molar-refractivity contribution in [2.24, 2.45) is 0 Å². The lowest BCUT2D eigenvalue weighted by atomic mass is 10.0. The maximum Gasteiger partial charge on any atom is 0.242 e. The van der Waals surface area contributed by atoms with Crippen molar-refractivity contribution >= 4 is 5.91 Å². The first-order valence-corrected chi connectivity index (χ1v) is 7.33. The number of carbonyl (C=O) groups is 1. The van der Waals surface area contributed by atoms with Crippen LogP contribution in [0, 0.1) is 0 Å². The van der Waals surface area contributed by atoms with E-state index in [-0.39, 0.29) is 5.91 Å². The normalized spacial score (nSPS) is 25.9. The molecule has 1 amide bonds. The number of carbonyl (C=O) groups excluding carboxylic acids is 1. The molecule has 0 aromatic heterocycles. The fourth-order valence-corrected chi connectivity index (χ4v) is 3.24. The topological polar surface area (TPSA) is 35.6 Å². The highest BCUT2D eigenvalue weighted by atomic mass is 16.2. The fraction of sp³-hybridized carbons (Fsp3) is 0.929. The van der Waals surface area contributed by atoms with E-state index in [0.29, 0.717) is 6.04 Å². The van der Waals surface area contributed by atoms with E-state index in [1.165, 1.54) is 25.9 Å². The van der Waals surface area contributed by atoms with Crippen LogP contribution in [0.5, 0.6) is 0 Å². The number of rotatable bonds is 4. The molecule has 0 spiro atoms. The second-order valence-corrected chi connectivity index (χ2v) is 6.09.